The van der Waals surface area contributed by atoms with E-state index in [0.29, 0.717) is 16.6 Å². The van der Waals surface area contributed by atoms with Crippen molar-refractivity contribution in [1.82, 2.24) is 4.98 Å². The fraction of sp³-hybridized carbons (Fsp3) is 0. The van der Waals surface area contributed by atoms with Crippen molar-refractivity contribution in [2.45, 2.75) is 0 Å². The fourth-order valence-electron chi connectivity index (χ4n) is 1.92. The van der Waals surface area contributed by atoms with E-state index in [1.54, 1.807) is 12.1 Å². The Morgan fingerprint density at radius 1 is 1.00 bits per heavy atom. The van der Waals surface area contributed by atoms with Crippen molar-refractivity contribution in [3.63, 3.8) is 0 Å². The highest BCUT2D eigenvalue weighted by atomic mass is 19.2. The lowest BCUT2D eigenvalue weighted by atomic mass is 10.1. The Morgan fingerprint density at radius 2 is 1.85 bits per heavy atom. The number of fused-ring (bicyclic) bond motifs is 1. The topological polar surface area (TPSA) is 12.9 Å². The van der Waals surface area contributed by atoms with Gasteiger partial charge in [0, 0.05) is 11.5 Å². The number of nitrogens with zero attached hydrogens (tertiary/aromatic N) is 1. The molecule has 0 bridgehead atoms. The molecule has 0 amide bonds. The highest BCUT2D eigenvalue weighted by Crippen LogP contribution is 2.18. The molecule has 3 aromatic rings. The first-order valence-electron chi connectivity index (χ1n) is 6.12. The Hall–Kier alpha value is -2.55. The Bertz CT molecular complexity index is 780. The molecule has 20 heavy (non-hydrogen) atoms. The van der Waals surface area contributed by atoms with Crippen molar-refractivity contribution in [2.75, 3.05) is 0 Å². The number of halogens is 2. The molecule has 0 spiro atoms. The molecule has 0 atom stereocenters. The molecule has 1 heterocycles. The first-order chi connectivity index (χ1) is 9.72. The molecule has 0 aliphatic carbocycles. The Balaban J connectivity index is 1.97. The zero-order chi connectivity index (χ0) is 13.9. The quantitative estimate of drug-likeness (QED) is 0.666. The third-order valence-corrected chi connectivity index (χ3v) is 2.93. The van der Waals surface area contributed by atoms with E-state index in [-0.39, 0.29) is 0 Å². The van der Waals surface area contributed by atoms with Gasteiger partial charge in [0.1, 0.15) is 0 Å². The number of benzene rings is 2. The van der Waals surface area contributed by atoms with Gasteiger partial charge in [0.2, 0.25) is 0 Å². The second-order valence-corrected chi connectivity index (χ2v) is 4.37. The van der Waals surface area contributed by atoms with Crippen molar-refractivity contribution < 1.29 is 8.78 Å². The summed E-state index contributed by atoms with van der Waals surface area (Å²) in [6.07, 6.45) is 3.72. The molecule has 0 aliphatic heterocycles. The maximum atomic E-state index is 13.2. The minimum Gasteiger partial charge on any atom is -0.248 e. The Kier molecular flexibility index (Phi) is 3.25. The molecule has 0 saturated heterocycles. The van der Waals surface area contributed by atoms with Crippen LogP contribution in [0.3, 0.4) is 0 Å². The largest absolute Gasteiger partial charge is 0.248 e. The van der Waals surface area contributed by atoms with Gasteiger partial charge in [-0.05, 0) is 35.9 Å². The van der Waals surface area contributed by atoms with Crippen LogP contribution in [0.1, 0.15) is 11.3 Å². The monoisotopic (exact) mass is 266 g/mol. The van der Waals surface area contributed by atoms with E-state index in [0.717, 1.165) is 17.7 Å². The first kappa shape index (κ1) is 12.5. The predicted molar refractivity (Wildman–Crippen MR) is 75.9 cm³/mol. The maximum Gasteiger partial charge on any atom is 0.161 e. The van der Waals surface area contributed by atoms with Crippen molar-refractivity contribution >= 4 is 23.1 Å². The van der Waals surface area contributed by atoms with Gasteiger partial charge in [0.25, 0.3) is 0 Å². The third kappa shape index (κ3) is 2.57. The van der Waals surface area contributed by atoms with Gasteiger partial charge in [-0.2, -0.15) is 0 Å². The molecular formula is C17H10F2N. The van der Waals surface area contributed by atoms with Crippen molar-refractivity contribution in [2.24, 2.45) is 0 Å². The SMILES string of the molecule is Fc1cc2ccc(C=Cc3c[c]ccc3)nc2cc1F. The summed E-state index contributed by atoms with van der Waals surface area (Å²) in [6, 6.07) is 16.2. The summed E-state index contributed by atoms with van der Waals surface area (Å²) in [5, 5.41) is 0.578. The summed E-state index contributed by atoms with van der Waals surface area (Å²) in [6.45, 7) is 0. The molecule has 0 saturated carbocycles. The number of rotatable bonds is 2. The van der Waals surface area contributed by atoms with E-state index in [4.69, 9.17) is 0 Å². The molecule has 3 rings (SSSR count). The predicted octanol–water partition coefficient (Wildman–Crippen LogP) is 4.48. The minimum absolute atomic E-state index is 0.436. The molecule has 1 radical (unpaired) electrons. The van der Waals surface area contributed by atoms with Crippen molar-refractivity contribution in [1.29, 1.82) is 0 Å². The van der Waals surface area contributed by atoms with Crippen LogP contribution in [0.25, 0.3) is 23.1 Å². The second-order valence-electron chi connectivity index (χ2n) is 4.37. The molecule has 1 aromatic heterocycles. The van der Waals surface area contributed by atoms with Gasteiger partial charge in [0.15, 0.2) is 11.6 Å². The van der Waals surface area contributed by atoms with Gasteiger partial charge >= 0.3 is 0 Å². The van der Waals surface area contributed by atoms with Crippen LogP contribution in [-0.2, 0) is 0 Å². The van der Waals surface area contributed by atoms with Crippen LogP contribution in [0.4, 0.5) is 8.78 Å². The molecule has 0 aliphatic rings. The molecule has 0 N–H and O–H groups in total. The van der Waals surface area contributed by atoms with Crippen LogP contribution in [-0.4, -0.2) is 4.98 Å². The van der Waals surface area contributed by atoms with Gasteiger partial charge in [-0.15, -0.1) is 0 Å². The number of hydrogen-bond donors (Lipinski definition) is 0. The van der Waals surface area contributed by atoms with Crippen molar-refractivity contribution in [3.05, 3.63) is 77.5 Å². The molecule has 3 heteroatoms. The summed E-state index contributed by atoms with van der Waals surface area (Å²) >= 11 is 0. The number of hydrogen-bond acceptors (Lipinski definition) is 1. The van der Waals surface area contributed by atoms with E-state index in [9.17, 15) is 8.78 Å². The second kappa shape index (κ2) is 5.21. The zero-order valence-electron chi connectivity index (χ0n) is 10.5. The maximum absolute atomic E-state index is 13.2. The van der Waals surface area contributed by atoms with Gasteiger partial charge < -0.3 is 0 Å². The lowest BCUT2D eigenvalue weighted by Gasteiger charge is -2.00. The standard InChI is InChI=1S/C17H10F2N/c18-15-10-13-7-9-14(20-17(13)11-16(15)19)8-6-12-4-2-1-3-5-12/h1-2,4-11H. The Labute approximate surface area is 115 Å². The van der Waals surface area contributed by atoms with E-state index >= 15 is 0 Å². The minimum atomic E-state index is -0.885. The number of pyridine rings is 1. The summed E-state index contributed by atoms with van der Waals surface area (Å²) in [5.74, 6) is -1.74. The van der Waals surface area contributed by atoms with Crippen LogP contribution in [0.5, 0.6) is 0 Å². The van der Waals surface area contributed by atoms with Crippen LogP contribution in [0.2, 0.25) is 0 Å². The zero-order valence-corrected chi connectivity index (χ0v) is 10.5. The van der Waals surface area contributed by atoms with E-state index in [1.807, 2.05) is 36.4 Å². The molecule has 97 valence electrons. The smallest absolute Gasteiger partial charge is 0.161 e. The molecular weight excluding hydrogens is 256 g/mol. The van der Waals surface area contributed by atoms with Crippen molar-refractivity contribution in [3.8, 4) is 0 Å². The van der Waals surface area contributed by atoms with Gasteiger partial charge in [0.05, 0.1) is 11.2 Å². The lowest BCUT2D eigenvalue weighted by molar-refractivity contribution is 0.510. The molecule has 0 unspecified atom stereocenters. The lowest BCUT2D eigenvalue weighted by Crippen LogP contribution is -1.88. The highest BCUT2D eigenvalue weighted by molar-refractivity contribution is 5.81. The average molecular weight is 266 g/mol. The van der Waals surface area contributed by atoms with E-state index in [1.165, 1.54) is 0 Å². The van der Waals surface area contributed by atoms with E-state index < -0.39 is 11.6 Å². The van der Waals surface area contributed by atoms with Crippen LogP contribution >= 0.6 is 0 Å². The molecule has 0 fully saturated rings. The fourth-order valence-corrected chi connectivity index (χ4v) is 1.92. The van der Waals surface area contributed by atoms with Gasteiger partial charge in [-0.1, -0.05) is 30.3 Å². The highest BCUT2D eigenvalue weighted by Gasteiger charge is 2.04. The van der Waals surface area contributed by atoms with Crippen LogP contribution in [0, 0.1) is 17.7 Å². The van der Waals surface area contributed by atoms with Crippen LogP contribution < -0.4 is 0 Å². The third-order valence-electron chi connectivity index (χ3n) is 2.93. The van der Waals surface area contributed by atoms with Gasteiger partial charge in [-0.3, -0.25) is 0 Å². The first-order valence-corrected chi connectivity index (χ1v) is 6.12. The summed E-state index contributed by atoms with van der Waals surface area (Å²) in [7, 11) is 0. The van der Waals surface area contributed by atoms with Gasteiger partial charge in [-0.25, -0.2) is 13.8 Å². The van der Waals surface area contributed by atoms with E-state index in [2.05, 4.69) is 11.1 Å². The molecule has 2 aromatic carbocycles. The summed E-state index contributed by atoms with van der Waals surface area (Å²) in [4.78, 5) is 4.29. The summed E-state index contributed by atoms with van der Waals surface area (Å²) < 4.78 is 26.3. The number of aromatic nitrogens is 1. The summed E-state index contributed by atoms with van der Waals surface area (Å²) in [5.41, 5.74) is 2.12. The average Bonchev–Trinajstić information content (AvgIpc) is 2.47. The Morgan fingerprint density at radius 3 is 2.65 bits per heavy atom. The van der Waals surface area contributed by atoms with Crippen LogP contribution in [0.15, 0.2) is 48.5 Å². The normalized spacial score (nSPS) is 11.3. The molecule has 1 nitrogen and oxygen atoms in total.